The Labute approximate surface area is 192 Å². The van der Waals surface area contributed by atoms with Gasteiger partial charge in [0.15, 0.2) is 0 Å². The summed E-state index contributed by atoms with van der Waals surface area (Å²) in [5.74, 6) is -0.552. The van der Waals surface area contributed by atoms with Crippen LogP contribution in [0.1, 0.15) is 61.1 Å². The molecule has 0 spiro atoms. The van der Waals surface area contributed by atoms with E-state index >= 15 is 4.39 Å². The molecule has 6 heteroatoms. The summed E-state index contributed by atoms with van der Waals surface area (Å²) in [5.41, 5.74) is 7.04. The van der Waals surface area contributed by atoms with Gasteiger partial charge >= 0.3 is 0 Å². The summed E-state index contributed by atoms with van der Waals surface area (Å²) in [4.78, 5) is 16.2. The van der Waals surface area contributed by atoms with Crippen molar-refractivity contribution in [3.05, 3.63) is 63.9 Å². The van der Waals surface area contributed by atoms with E-state index < -0.39 is 0 Å². The van der Waals surface area contributed by atoms with Gasteiger partial charge in [-0.25, -0.2) is 8.78 Å². The predicted molar refractivity (Wildman–Crippen MR) is 129 cm³/mol. The minimum absolute atomic E-state index is 0.102. The van der Waals surface area contributed by atoms with Gasteiger partial charge in [0.05, 0.1) is 23.6 Å². The molecule has 0 radical (unpaired) electrons. The molecular formula is C26H28F2N2OS. The minimum Gasteiger partial charge on any atom is -0.308 e. The molecule has 0 bridgehead atoms. The lowest BCUT2D eigenvalue weighted by Crippen LogP contribution is -2.27. The second-order valence-electron chi connectivity index (χ2n) is 9.29. The largest absolute Gasteiger partial charge is 0.308 e. The fourth-order valence-corrected chi connectivity index (χ4v) is 5.88. The second kappa shape index (κ2) is 8.14. The number of rotatable bonds is 4. The smallest absolute Gasteiger partial charge is 0.141 e. The van der Waals surface area contributed by atoms with E-state index in [1.54, 1.807) is 11.9 Å². The van der Waals surface area contributed by atoms with Gasteiger partial charge in [0.25, 0.3) is 0 Å². The molecule has 1 atom stereocenters. The second-order valence-corrected chi connectivity index (χ2v) is 10.0. The molecule has 4 rings (SSSR count). The first kappa shape index (κ1) is 22.7. The summed E-state index contributed by atoms with van der Waals surface area (Å²) in [7, 11) is 0. The van der Waals surface area contributed by atoms with E-state index in [9.17, 15) is 9.18 Å². The number of benzene rings is 1. The Balaban J connectivity index is 2.11. The Morgan fingerprint density at radius 1 is 1.25 bits per heavy atom. The Morgan fingerprint density at radius 2 is 1.97 bits per heavy atom. The minimum atomic E-state index is -0.376. The molecule has 0 saturated heterocycles. The number of fused-ring (bicyclic) bond motifs is 3. The number of hydrogen-bond donors (Lipinski definition) is 0. The monoisotopic (exact) mass is 454 g/mol. The average Bonchev–Trinajstić information content (AvgIpc) is 2.72. The van der Waals surface area contributed by atoms with E-state index in [1.165, 1.54) is 12.3 Å². The molecule has 0 amide bonds. The summed E-state index contributed by atoms with van der Waals surface area (Å²) in [5, 5.41) is 0. The topological polar surface area (TPSA) is 33.2 Å². The molecule has 3 nitrogen and oxygen atoms in total. The maximum Gasteiger partial charge on any atom is 0.141 e. The summed E-state index contributed by atoms with van der Waals surface area (Å²) in [6, 6.07) is 1.44. The third-order valence-electron chi connectivity index (χ3n) is 6.60. The third kappa shape index (κ3) is 3.49. The lowest BCUT2D eigenvalue weighted by atomic mass is 9.77. The van der Waals surface area contributed by atoms with E-state index in [0.29, 0.717) is 12.0 Å². The van der Waals surface area contributed by atoms with Crippen LogP contribution in [0.25, 0.3) is 16.8 Å². The summed E-state index contributed by atoms with van der Waals surface area (Å²) < 4.78 is 31.7. The molecule has 1 aliphatic heterocycles. The number of pyridine rings is 1. The molecule has 1 aromatic carbocycles. The van der Waals surface area contributed by atoms with Crippen LogP contribution in [-0.2, 0) is 11.2 Å². The third-order valence-corrected chi connectivity index (χ3v) is 7.49. The number of allylic oxidation sites excluding steroid dienone is 4. The first-order valence-corrected chi connectivity index (χ1v) is 12.0. The van der Waals surface area contributed by atoms with Crippen LogP contribution >= 0.6 is 11.9 Å². The van der Waals surface area contributed by atoms with Crippen LogP contribution < -0.4 is 4.31 Å². The molecule has 1 aromatic heterocycles. The van der Waals surface area contributed by atoms with Crippen LogP contribution in [0, 0.1) is 25.1 Å². The zero-order chi connectivity index (χ0) is 23.4. The van der Waals surface area contributed by atoms with Crippen molar-refractivity contribution in [2.24, 2.45) is 5.41 Å². The molecular weight excluding hydrogens is 426 g/mol. The van der Waals surface area contributed by atoms with Crippen LogP contribution in [0.5, 0.6) is 0 Å². The Bertz CT molecular complexity index is 1180. The summed E-state index contributed by atoms with van der Waals surface area (Å²) >= 11 is 1.55. The number of carbonyl (C=O) groups is 1. The molecule has 0 fully saturated rings. The zero-order valence-corrected chi connectivity index (χ0v) is 20.2. The Hall–Kier alpha value is -2.47. The van der Waals surface area contributed by atoms with Crippen molar-refractivity contribution in [1.29, 1.82) is 0 Å². The van der Waals surface area contributed by atoms with Crippen LogP contribution in [0.4, 0.5) is 14.5 Å². The lowest BCUT2D eigenvalue weighted by Gasteiger charge is -2.39. The van der Waals surface area contributed by atoms with Crippen LogP contribution in [0.15, 0.2) is 30.2 Å². The van der Waals surface area contributed by atoms with Gasteiger partial charge < -0.3 is 9.10 Å². The summed E-state index contributed by atoms with van der Waals surface area (Å²) in [6.45, 7) is 9.97. The maximum atomic E-state index is 15.4. The van der Waals surface area contributed by atoms with E-state index in [1.807, 2.05) is 53.0 Å². The molecule has 0 N–H and O–H groups in total. The van der Waals surface area contributed by atoms with E-state index in [4.69, 9.17) is 0 Å². The number of hydrogen-bond acceptors (Lipinski definition) is 4. The molecule has 2 aliphatic rings. The first-order valence-electron chi connectivity index (χ1n) is 10.8. The molecule has 168 valence electrons. The molecule has 1 aliphatic carbocycles. The normalized spacial score (nSPS) is 19.1. The van der Waals surface area contributed by atoms with Crippen molar-refractivity contribution in [2.45, 2.75) is 53.5 Å². The van der Waals surface area contributed by atoms with Gasteiger partial charge in [-0.1, -0.05) is 37.9 Å². The fourth-order valence-electron chi connectivity index (χ4n) is 5.04. The van der Waals surface area contributed by atoms with Crippen LogP contribution in [0.3, 0.4) is 0 Å². The van der Waals surface area contributed by atoms with Gasteiger partial charge in [-0.3, -0.25) is 4.98 Å². The molecule has 2 aromatic rings. The molecule has 0 saturated carbocycles. The van der Waals surface area contributed by atoms with Crippen LogP contribution in [-0.4, -0.2) is 17.5 Å². The van der Waals surface area contributed by atoms with Crippen molar-refractivity contribution in [3.63, 3.8) is 0 Å². The SMILES string of the molecule is CSN1c2c(C)c(CC=O)c(C3=C(F)CC(C)(C)C=C3)c(C)c2-c2ncc(F)cc2[C@@H]1C. The number of anilines is 1. The first-order chi connectivity index (χ1) is 15.1. The highest BCUT2D eigenvalue weighted by atomic mass is 32.2. The Kier molecular flexibility index (Phi) is 5.78. The quantitative estimate of drug-likeness (QED) is 0.365. The zero-order valence-electron chi connectivity index (χ0n) is 19.3. The van der Waals surface area contributed by atoms with Crippen molar-refractivity contribution in [3.8, 4) is 11.3 Å². The predicted octanol–water partition coefficient (Wildman–Crippen LogP) is 7.07. The fraction of sp³-hybridized carbons (Fsp3) is 0.385. The van der Waals surface area contributed by atoms with Gasteiger partial charge in [-0.05, 0) is 54.5 Å². The van der Waals surface area contributed by atoms with Crippen LogP contribution in [0.2, 0.25) is 0 Å². The summed E-state index contributed by atoms with van der Waals surface area (Å²) in [6.07, 6.45) is 8.48. The van der Waals surface area contributed by atoms with E-state index in [2.05, 4.69) is 9.29 Å². The van der Waals surface area contributed by atoms with Gasteiger partial charge in [-0.2, -0.15) is 0 Å². The van der Waals surface area contributed by atoms with Crippen molar-refractivity contribution < 1.29 is 13.6 Å². The van der Waals surface area contributed by atoms with Crippen molar-refractivity contribution in [1.82, 2.24) is 4.98 Å². The Morgan fingerprint density at radius 3 is 2.59 bits per heavy atom. The van der Waals surface area contributed by atoms with Crippen molar-refractivity contribution >= 4 is 29.5 Å². The van der Waals surface area contributed by atoms with Gasteiger partial charge in [0, 0.05) is 35.8 Å². The molecule has 32 heavy (non-hydrogen) atoms. The number of halogens is 2. The number of aromatic nitrogens is 1. The number of carbonyl (C=O) groups excluding carboxylic acids is 1. The van der Waals surface area contributed by atoms with Crippen molar-refractivity contribution in [2.75, 3.05) is 10.6 Å². The molecule has 2 heterocycles. The number of aldehydes is 1. The van der Waals surface area contributed by atoms with E-state index in [-0.39, 0.29) is 29.5 Å². The maximum absolute atomic E-state index is 15.4. The highest BCUT2D eigenvalue weighted by Gasteiger charge is 2.36. The highest BCUT2D eigenvalue weighted by Crippen LogP contribution is 2.53. The number of nitrogens with zero attached hydrogens (tertiary/aromatic N) is 2. The lowest BCUT2D eigenvalue weighted by molar-refractivity contribution is -0.107. The van der Waals surface area contributed by atoms with E-state index in [0.717, 1.165) is 51.0 Å². The van der Waals surface area contributed by atoms with Gasteiger partial charge in [-0.15, -0.1) is 0 Å². The highest BCUT2D eigenvalue weighted by molar-refractivity contribution is 8.00. The van der Waals surface area contributed by atoms with Gasteiger partial charge in [0.1, 0.15) is 17.9 Å². The van der Waals surface area contributed by atoms with Gasteiger partial charge in [0.2, 0.25) is 0 Å². The average molecular weight is 455 g/mol. The molecule has 0 unspecified atom stereocenters. The standard InChI is InChI=1S/C26H28F2N2OS/c1-14-18(8-10-31)22(19-7-9-26(4,5)12-21(19)28)15(2)23-24-20(11-17(27)13-29-24)16(3)30(32-6)25(14)23/h7,9-11,13,16H,8,12H2,1-6H3/t16-/m0/s1.